The van der Waals surface area contributed by atoms with E-state index in [9.17, 15) is 9.59 Å². The summed E-state index contributed by atoms with van der Waals surface area (Å²) in [7, 11) is 1.66. The number of carboxylic acid groups (broad SMARTS) is 1. The van der Waals surface area contributed by atoms with E-state index in [0.717, 1.165) is 5.56 Å². The molecule has 2 rings (SSSR count). The van der Waals surface area contributed by atoms with Gasteiger partial charge in [-0.2, -0.15) is 0 Å². The highest BCUT2D eigenvalue weighted by Crippen LogP contribution is 2.20. The van der Waals surface area contributed by atoms with E-state index in [-0.39, 0.29) is 18.6 Å². The summed E-state index contributed by atoms with van der Waals surface area (Å²) in [6, 6.07) is 7.69. The van der Waals surface area contributed by atoms with Crippen molar-refractivity contribution in [2.75, 3.05) is 20.3 Å². The van der Waals surface area contributed by atoms with Crippen LogP contribution in [0.3, 0.4) is 0 Å². The van der Waals surface area contributed by atoms with Crippen LogP contribution in [-0.2, 0) is 20.7 Å². The zero-order valence-electron chi connectivity index (χ0n) is 12.4. The normalized spacial score (nSPS) is 21.2. The van der Waals surface area contributed by atoms with E-state index in [1.165, 1.54) is 10.5 Å². The van der Waals surface area contributed by atoms with Crippen molar-refractivity contribution in [1.82, 2.24) is 4.90 Å². The lowest BCUT2D eigenvalue weighted by molar-refractivity contribution is -0.144. The lowest BCUT2D eigenvalue weighted by Gasteiger charge is -2.26. The standard InChI is InChI=1S/C16H21NO4/c1-11-4-3-5-12(8-11)6-7-15(18)17(2)14-10-21-9-13(14)16(19)20/h3-5,8,13-14H,6-7,9-10H2,1-2H3,(H,19,20). The Labute approximate surface area is 124 Å². The van der Waals surface area contributed by atoms with Crippen molar-refractivity contribution < 1.29 is 19.4 Å². The van der Waals surface area contributed by atoms with E-state index >= 15 is 0 Å². The lowest BCUT2D eigenvalue weighted by atomic mass is 10.0. The fourth-order valence-electron chi connectivity index (χ4n) is 2.64. The van der Waals surface area contributed by atoms with E-state index in [1.807, 2.05) is 25.1 Å². The first-order valence-electron chi connectivity index (χ1n) is 7.11. The van der Waals surface area contributed by atoms with E-state index in [1.54, 1.807) is 7.05 Å². The van der Waals surface area contributed by atoms with E-state index in [2.05, 4.69) is 6.07 Å². The number of aliphatic carboxylic acids is 1. The van der Waals surface area contributed by atoms with Crippen LogP contribution in [-0.4, -0.2) is 48.2 Å². The predicted octanol–water partition coefficient (Wildman–Crippen LogP) is 1.49. The molecule has 0 aromatic heterocycles. The first-order valence-corrected chi connectivity index (χ1v) is 7.11. The van der Waals surface area contributed by atoms with Gasteiger partial charge in [-0.25, -0.2) is 0 Å². The van der Waals surface area contributed by atoms with E-state index in [4.69, 9.17) is 9.84 Å². The summed E-state index contributed by atoms with van der Waals surface area (Å²) in [6.45, 7) is 2.49. The van der Waals surface area contributed by atoms with Crippen molar-refractivity contribution in [2.24, 2.45) is 5.92 Å². The molecule has 1 aromatic carbocycles. The highest BCUT2D eigenvalue weighted by atomic mass is 16.5. The molecule has 1 heterocycles. The molecule has 5 nitrogen and oxygen atoms in total. The highest BCUT2D eigenvalue weighted by Gasteiger charge is 2.38. The Morgan fingerprint density at radius 3 is 2.81 bits per heavy atom. The monoisotopic (exact) mass is 291 g/mol. The summed E-state index contributed by atoms with van der Waals surface area (Å²) >= 11 is 0. The summed E-state index contributed by atoms with van der Waals surface area (Å²) < 4.78 is 5.21. The third-order valence-corrected chi connectivity index (χ3v) is 3.97. The van der Waals surface area contributed by atoms with Gasteiger partial charge in [0.15, 0.2) is 0 Å². The number of carbonyl (C=O) groups is 2. The van der Waals surface area contributed by atoms with Crippen molar-refractivity contribution in [1.29, 1.82) is 0 Å². The van der Waals surface area contributed by atoms with Gasteiger partial charge >= 0.3 is 5.97 Å². The van der Waals surface area contributed by atoms with Gasteiger partial charge in [0, 0.05) is 13.5 Å². The molecule has 0 radical (unpaired) electrons. The largest absolute Gasteiger partial charge is 0.481 e. The number of carboxylic acids is 1. The fourth-order valence-corrected chi connectivity index (χ4v) is 2.64. The molecule has 1 aromatic rings. The molecular formula is C16H21NO4. The van der Waals surface area contributed by atoms with Crippen LogP contribution in [0.2, 0.25) is 0 Å². The Kier molecular flexibility index (Phi) is 4.96. The van der Waals surface area contributed by atoms with E-state index in [0.29, 0.717) is 19.4 Å². The van der Waals surface area contributed by atoms with Crippen LogP contribution in [0, 0.1) is 12.8 Å². The van der Waals surface area contributed by atoms with Gasteiger partial charge in [-0.05, 0) is 18.9 Å². The SMILES string of the molecule is Cc1cccc(CCC(=O)N(C)C2COCC2C(=O)O)c1. The molecule has 1 aliphatic heterocycles. The summed E-state index contributed by atoms with van der Waals surface area (Å²) in [6.07, 6.45) is 1.04. The van der Waals surface area contributed by atoms with Gasteiger partial charge in [0.05, 0.1) is 19.3 Å². The van der Waals surface area contributed by atoms with Crippen molar-refractivity contribution >= 4 is 11.9 Å². The predicted molar refractivity (Wildman–Crippen MR) is 78.0 cm³/mol. The van der Waals surface area contributed by atoms with Crippen LogP contribution < -0.4 is 0 Å². The molecule has 1 saturated heterocycles. The number of hydrogen-bond acceptors (Lipinski definition) is 3. The quantitative estimate of drug-likeness (QED) is 0.892. The summed E-state index contributed by atoms with van der Waals surface area (Å²) in [5, 5.41) is 9.13. The molecule has 1 N–H and O–H groups in total. The van der Waals surface area contributed by atoms with Crippen LogP contribution in [0.4, 0.5) is 0 Å². The minimum Gasteiger partial charge on any atom is -0.481 e. The van der Waals surface area contributed by atoms with Crippen molar-refractivity contribution in [2.45, 2.75) is 25.8 Å². The number of nitrogens with zero attached hydrogens (tertiary/aromatic N) is 1. The molecule has 0 bridgehead atoms. The third-order valence-electron chi connectivity index (χ3n) is 3.97. The number of rotatable bonds is 5. The highest BCUT2D eigenvalue weighted by molar-refractivity contribution is 5.78. The number of benzene rings is 1. The van der Waals surface area contributed by atoms with Crippen LogP contribution in [0.5, 0.6) is 0 Å². The average molecular weight is 291 g/mol. The van der Waals surface area contributed by atoms with Crippen LogP contribution in [0.25, 0.3) is 0 Å². The number of aryl methyl sites for hydroxylation is 2. The molecule has 21 heavy (non-hydrogen) atoms. The van der Waals surface area contributed by atoms with Gasteiger partial charge in [-0.3, -0.25) is 9.59 Å². The second kappa shape index (κ2) is 6.72. The first-order chi connectivity index (χ1) is 9.99. The maximum absolute atomic E-state index is 12.2. The zero-order chi connectivity index (χ0) is 15.4. The van der Waals surface area contributed by atoms with Crippen LogP contribution in [0.15, 0.2) is 24.3 Å². The van der Waals surface area contributed by atoms with Crippen LogP contribution in [0.1, 0.15) is 17.5 Å². The van der Waals surface area contributed by atoms with Crippen LogP contribution >= 0.6 is 0 Å². The van der Waals surface area contributed by atoms with Gasteiger partial charge in [0.25, 0.3) is 0 Å². The third kappa shape index (κ3) is 3.82. The topological polar surface area (TPSA) is 66.8 Å². The van der Waals surface area contributed by atoms with Gasteiger partial charge < -0.3 is 14.7 Å². The second-order valence-corrected chi connectivity index (χ2v) is 5.54. The van der Waals surface area contributed by atoms with Crippen molar-refractivity contribution in [3.8, 4) is 0 Å². The second-order valence-electron chi connectivity index (χ2n) is 5.54. The van der Waals surface area contributed by atoms with Crippen molar-refractivity contribution in [3.05, 3.63) is 35.4 Å². The Hall–Kier alpha value is -1.88. The number of likely N-dealkylation sites (N-methyl/N-ethyl adjacent to an activating group) is 1. The molecular weight excluding hydrogens is 270 g/mol. The first kappa shape index (κ1) is 15.5. The lowest BCUT2D eigenvalue weighted by Crippen LogP contribution is -2.44. The van der Waals surface area contributed by atoms with Gasteiger partial charge in [0.2, 0.25) is 5.91 Å². The maximum Gasteiger partial charge on any atom is 0.311 e. The Balaban J connectivity index is 1.92. The fraction of sp³-hybridized carbons (Fsp3) is 0.500. The average Bonchev–Trinajstić information content (AvgIpc) is 2.93. The number of amides is 1. The molecule has 1 amide bonds. The molecule has 0 saturated carbocycles. The molecule has 1 fully saturated rings. The summed E-state index contributed by atoms with van der Waals surface area (Å²) in [4.78, 5) is 24.9. The number of carbonyl (C=O) groups excluding carboxylic acids is 1. The smallest absolute Gasteiger partial charge is 0.311 e. The van der Waals surface area contributed by atoms with E-state index < -0.39 is 11.9 Å². The molecule has 0 spiro atoms. The minimum atomic E-state index is -0.907. The van der Waals surface area contributed by atoms with Gasteiger partial charge in [-0.15, -0.1) is 0 Å². The zero-order valence-corrected chi connectivity index (χ0v) is 12.4. The van der Waals surface area contributed by atoms with Gasteiger partial charge in [0.1, 0.15) is 5.92 Å². The van der Waals surface area contributed by atoms with Crippen molar-refractivity contribution in [3.63, 3.8) is 0 Å². The maximum atomic E-state index is 12.2. The molecule has 1 aliphatic rings. The Bertz CT molecular complexity index is 529. The summed E-state index contributed by atoms with van der Waals surface area (Å²) in [5.41, 5.74) is 2.29. The molecule has 2 unspecified atom stereocenters. The molecule has 0 aliphatic carbocycles. The van der Waals surface area contributed by atoms with Gasteiger partial charge in [-0.1, -0.05) is 29.8 Å². The Morgan fingerprint density at radius 1 is 1.38 bits per heavy atom. The number of ether oxygens (including phenoxy) is 1. The Morgan fingerprint density at radius 2 is 2.14 bits per heavy atom. The molecule has 2 atom stereocenters. The summed E-state index contributed by atoms with van der Waals surface area (Å²) in [5.74, 6) is -1.58. The number of hydrogen-bond donors (Lipinski definition) is 1. The molecule has 5 heteroatoms. The minimum absolute atomic E-state index is 0.0433. The molecule has 114 valence electrons.